The standard InChI is InChI=1S/C14H15N3O4/c1-9(17-11(14(19)20)7-8-15-17)13(18)16-10-5-3-4-6-12(10)21-2/h3-9H,1-2H3,(H,16,18)(H,19,20). The van der Waals surface area contributed by atoms with Crippen LogP contribution in [0.15, 0.2) is 36.5 Å². The summed E-state index contributed by atoms with van der Waals surface area (Å²) >= 11 is 0. The van der Waals surface area contributed by atoms with E-state index in [2.05, 4.69) is 10.4 Å². The van der Waals surface area contributed by atoms with E-state index in [1.807, 2.05) is 0 Å². The maximum atomic E-state index is 12.2. The summed E-state index contributed by atoms with van der Waals surface area (Å²) in [5, 5.41) is 15.6. The van der Waals surface area contributed by atoms with Gasteiger partial charge in [-0.3, -0.25) is 4.79 Å². The molecule has 0 aliphatic rings. The van der Waals surface area contributed by atoms with E-state index in [0.717, 1.165) is 4.68 Å². The summed E-state index contributed by atoms with van der Waals surface area (Å²) in [6.07, 6.45) is 1.34. The predicted molar refractivity (Wildman–Crippen MR) is 75.5 cm³/mol. The minimum Gasteiger partial charge on any atom is -0.495 e. The third-order valence-electron chi connectivity index (χ3n) is 3.00. The van der Waals surface area contributed by atoms with Gasteiger partial charge in [0.1, 0.15) is 17.5 Å². The average Bonchev–Trinajstić information content (AvgIpc) is 2.96. The zero-order chi connectivity index (χ0) is 15.4. The molecule has 7 nitrogen and oxygen atoms in total. The Morgan fingerprint density at radius 3 is 2.71 bits per heavy atom. The molecule has 7 heteroatoms. The van der Waals surface area contributed by atoms with Crippen LogP contribution in [0.5, 0.6) is 5.75 Å². The smallest absolute Gasteiger partial charge is 0.354 e. The molecule has 0 spiro atoms. The molecule has 2 N–H and O–H groups in total. The Kier molecular flexibility index (Phi) is 4.22. The van der Waals surface area contributed by atoms with Crippen molar-refractivity contribution in [1.82, 2.24) is 9.78 Å². The molecular weight excluding hydrogens is 274 g/mol. The topological polar surface area (TPSA) is 93.5 Å². The van der Waals surface area contributed by atoms with Crippen molar-refractivity contribution in [2.75, 3.05) is 12.4 Å². The molecule has 0 fully saturated rings. The summed E-state index contributed by atoms with van der Waals surface area (Å²) in [6.45, 7) is 1.57. The summed E-state index contributed by atoms with van der Waals surface area (Å²) < 4.78 is 6.31. The van der Waals surface area contributed by atoms with Crippen LogP contribution in [0.3, 0.4) is 0 Å². The second kappa shape index (κ2) is 6.08. The molecule has 1 heterocycles. The van der Waals surface area contributed by atoms with Gasteiger partial charge in [-0.15, -0.1) is 0 Å². The highest BCUT2D eigenvalue weighted by molar-refractivity contribution is 5.95. The van der Waals surface area contributed by atoms with Crippen LogP contribution in [0.25, 0.3) is 0 Å². The van der Waals surface area contributed by atoms with Gasteiger partial charge in [0.2, 0.25) is 5.91 Å². The molecule has 2 rings (SSSR count). The Morgan fingerprint density at radius 1 is 1.33 bits per heavy atom. The van der Waals surface area contributed by atoms with E-state index in [1.165, 1.54) is 19.4 Å². The fraction of sp³-hybridized carbons (Fsp3) is 0.214. The van der Waals surface area contributed by atoms with Gasteiger partial charge in [0.05, 0.1) is 12.8 Å². The van der Waals surface area contributed by atoms with E-state index >= 15 is 0 Å². The molecule has 0 aliphatic heterocycles. The molecule has 1 atom stereocenters. The summed E-state index contributed by atoms with van der Waals surface area (Å²) in [4.78, 5) is 23.3. The number of hydrogen-bond donors (Lipinski definition) is 2. The van der Waals surface area contributed by atoms with Crippen molar-refractivity contribution in [2.45, 2.75) is 13.0 Å². The number of rotatable bonds is 5. The van der Waals surface area contributed by atoms with Crippen LogP contribution in [0, 0.1) is 0 Å². The lowest BCUT2D eigenvalue weighted by Crippen LogP contribution is -2.27. The lowest BCUT2D eigenvalue weighted by Gasteiger charge is -2.15. The van der Waals surface area contributed by atoms with Gasteiger partial charge in [-0.25, -0.2) is 9.48 Å². The number of aromatic nitrogens is 2. The number of methoxy groups -OCH3 is 1. The number of para-hydroxylation sites is 2. The molecule has 1 amide bonds. The monoisotopic (exact) mass is 289 g/mol. The minimum atomic E-state index is -1.13. The van der Waals surface area contributed by atoms with Crippen LogP contribution < -0.4 is 10.1 Å². The molecule has 0 bridgehead atoms. The number of amides is 1. The highest BCUT2D eigenvalue weighted by atomic mass is 16.5. The first-order valence-corrected chi connectivity index (χ1v) is 6.25. The number of nitrogens with zero attached hydrogens (tertiary/aromatic N) is 2. The predicted octanol–water partition coefficient (Wildman–Crippen LogP) is 1.79. The SMILES string of the molecule is COc1ccccc1NC(=O)C(C)n1nccc1C(=O)O. The Balaban J connectivity index is 2.20. The van der Waals surface area contributed by atoms with Gasteiger partial charge in [0.25, 0.3) is 0 Å². The van der Waals surface area contributed by atoms with Crippen molar-refractivity contribution in [1.29, 1.82) is 0 Å². The highest BCUT2D eigenvalue weighted by Crippen LogP contribution is 2.24. The number of carbonyl (C=O) groups excluding carboxylic acids is 1. The summed E-state index contributed by atoms with van der Waals surface area (Å²) in [6, 6.07) is 7.54. The molecule has 0 saturated carbocycles. The molecular formula is C14H15N3O4. The number of aromatic carboxylic acids is 1. The maximum Gasteiger partial charge on any atom is 0.354 e. The van der Waals surface area contributed by atoms with Gasteiger partial charge in [-0.1, -0.05) is 12.1 Å². The van der Waals surface area contributed by atoms with Crippen molar-refractivity contribution in [3.05, 3.63) is 42.2 Å². The number of nitrogens with one attached hydrogen (secondary N) is 1. The lowest BCUT2D eigenvalue weighted by molar-refractivity contribution is -0.119. The van der Waals surface area contributed by atoms with Crippen molar-refractivity contribution in [3.63, 3.8) is 0 Å². The first-order chi connectivity index (χ1) is 10.0. The third kappa shape index (κ3) is 3.02. The van der Waals surface area contributed by atoms with Gasteiger partial charge in [-0.05, 0) is 25.1 Å². The van der Waals surface area contributed by atoms with E-state index in [0.29, 0.717) is 11.4 Å². The van der Waals surface area contributed by atoms with E-state index in [1.54, 1.807) is 31.2 Å². The molecule has 0 aliphatic carbocycles. The van der Waals surface area contributed by atoms with Crippen LogP contribution in [-0.4, -0.2) is 33.9 Å². The van der Waals surface area contributed by atoms with Gasteiger partial charge >= 0.3 is 5.97 Å². The van der Waals surface area contributed by atoms with Gasteiger partial charge in [0, 0.05) is 6.20 Å². The van der Waals surface area contributed by atoms with Crippen molar-refractivity contribution in [2.24, 2.45) is 0 Å². The van der Waals surface area contributed by atoms with E-state index in [-0.39, 0.29) is 11.6 Å². The van der Waals surface area contributed by atoms with Gasteiger partial charge < -0.3 is 15.2 Å². The van der Waals surface area contributed by atoms with E-state index in [4.69, 9.17) is 9.84 Å². The van der Waals surface area contributed by atoms with E-state index < -0.39 is 12.0 Å². The van der Waals surface area contributed by atoms with Crippen molar-refractivity contribution < 1.29 is 19.4 Å². The highest BCUT2D eigenvalue weighted by Gasteiger charge is 2.22. The largest absolute Gasteiger partial charge is 0.495 e. The number of carboxylic acid groups (broad SMARTS) is 1. The summed E-state index contributed by atoms with van der Waals surface area (Å²) in [5.41, 5.74) is 0.471. The fourth-order valence-electron chi connectivity index (χ4n) is 1.89. The van der Waals surface area contributed by atoms with E-state index in [9.17, 15) is 9.59 Å². The molecule has 1 aromatic carbocycles. The molecule has 0 radical (unpaired) electrons. The normalized spacial score (nSPS) is 11.7. The Bertz CT molecular complexity index is 666. The molecule has 1 unspecified atom stereocenters. The second-order valence-electron chi connectivity index (χ2n) is 4.33. The Labute approximate surface area is 121 Å². The van der Waals surface area contributed by atoms with Crippen LogP contribution in [0.2, 0.25) is 0 Å². The molecule has 110 valence electrons. The lowest BCUT2D eigenvalue weighted by atomic mass is 10.2. The van der Waals surface area contributed by atoms with Crippen molar-refractivity contribution >= 4 is 17.6 Å². The number of benzene rings is 1. The van der Waals surface area contributed by atoms with Crippen LogP contribution in [-0.2, 0) is 4.79 Å². The number of carboxylic acids is 1. The van der Waals surface area contributed by atoms with Crippen LogP contribution in [0.1, 0.15) is 23.5 Å². The van der Waals surface area contributed by atoms with Crippen LogP contribution >= 0.6 is 0 Å². The number of anilines is 1. The number of hydrogen-bond acceptors (Lipinski definition) is 4. The summed E-state index contributed by atoms with van der Waals surface area (Å²) in [5.74, 6) is -0.993. The first kappa shape index (κ1) is 14.6. The third-order valence-corrected chi connectivity index (χ3v) is 3.00. The van der Waals surface area contributed by atoms with Crippen molar-refractivity contribution in [3.8, 4) is 5.75 Å². The number of ether oxygens (including phenoxy) is 1. The van der Waals surface area contributed by atoms with Gasteiger partial charge in [0.15, 0.2) is 0 Å². The molecule has 21 heavy (non-hydrogen) atoms. The second-order valence-corrected chi connectivity index (χ2v) is 4.33. The zero-order valence-electron chi connectivity index (χ0n) is 11.6. The molecule has 1 aromatic heterocycles. The zero-order valence-corrected chi connectivity index (χ0v) is 11.6. The Morgan fingerprint density at radius 2 is 2.05 bits per heavy atom. The fourth-order valence-corrected chi connectivity index (χ4v) is 1.89. The van der Waals surface area contributed by atoms with Crippen LogP contribution in [0.4, 0.5) is 5.69 Å². The maximum absolute atomic E-state index is 12.2. The first-order valence-electron chi connectivity index (χ1n) is 6.25. The molecule has 2 aromatic rings. The minimum absolute atomic E-state index is 0.0438. The van der Waals surface area contributed by atoms with Gasteiger partial charge in [-0.2, -0.15) is 5.10 Å². The average molecular weight is 289 g/mol. The molecule has 0 saturated heterocycles. The summed E-state index contributed by atoms with van der Waals surface area (Å²) in [7, 11) is 1.50. The quantitative estimate of drug-likeness (QED) is 0.875. The number of carbonyl (C=O) groups is 2. The Hall–Kier alpha value is -2.83.